The van der Waals surface area contributed by atoms with Crippen molar-refractivity contribution in [3.63, 3.8) is 0 Å². The first-order valence-corrected chi connectivity index (χ1v) is 8.16. The lowest BCUT2D eigenvalue weighted by Gasteiger charge is -2.59. The highest BCUT2D eigenvalue weighted by atomic mass is 19.4. The second-order valence-corrected chi connectivity index (χ2v) is 8.23. The summed E-state index contributed by atoms with van der Waals surface area (Å²) in [6, 6.07) is 0.0139. The van der Waals surface area contributed by atoms with Crippen molar-refractivity contribution in [3.8, 4) is 0 Å². The van der Waals surface area contributed by atoms with Crippen molar-refractivity contribution >= 4 is 0 Å². The van der Waals surface area contributed by atoms with Gasteiger partial charge in [-0.3, -0.25) is 0 Å². The van der Waals surface area contributed by atoms with E-state index in [9.17, 15) is 13.2 Å². The van der Waals surface area contributed by atoms with E-state index >= 15 is 0 Å². The first-order valence-electron chi connectivity index (χ1n) is 8.16. The predicted molar refractivity (Wildman–Crippen MR) is 71.2 cm³/mol. The molecule has 0 aromatic carbocycles. The van der Waals surface area contributed by atoms with Crippen molar-refractivity contribution in [1.29, 1.82) is 0 Å². The minimum atomic E-state index is -4.08. The molecule has 1 unspecified atom stereocenters. The van der Waals surface area contributed by atoms with Crippen LogP contribution in [0, 0.1) is 23.2 Å². The SMILES string of the molecule is CC(NC1(C(F)(F)F)CC1)C12CC3CC(CC(C3)C1)C2. The fraction of sp³-hybridized carbons (Fsp3) is 1.00. The molecule has 1 atom stereocenters. The van der Waals surface area contributed by atoms with Crippen LogP contribution in [0.2, 0.25) is 0 Å². The molecule has 4 bridgehead atoms. The van der Waals surface area contributed by atoms with E-state index in [1.54, 1.807) is 0 Å². The first kappa shape index (κ1) is 13.4. The molecule has 0 radical (unpaired) electrons. The molecule has 5 aliphatic carbocycles. The standard InChI is InChI=1S/C16H24F3N/c1-10(20-15(2-3-15)16(17,18)19)14-7-11-4-12(8-14)6-13(5-11)9-14/h10-13,20H,2-9H2,1H3. The average molecular weight is 287 g/mol. The van der Waals surface area contributed by atoms with Gasteiger partial charge in [0.05, 0.1) is 0 Å². The van der Waals surface area contributed by atoms with Crippen molar-refractivity contribution < 1.29 is 13.2 Å². The Labute approximate surface area is 118 Å². The maximum atomic E-state index is 13.2. The molecule has 0 saturated heterocycles. The second-order valence-electron chi connectivity index (χ2n) is 8.23. The molecule has 5 aliphatic rings. The van der Waals surface area contributed by atoms with Crippen LogP contribution in [0.1, 0.15) is 58.3 Å². The van der Waals surface area contributed by atoms with Crippen molar-refractivity contribution in [2.24, 2.45) is 23.2 Å². The molecule has 5 fully saturated rings. The Morgan fingerprint density at radius 1 is 0.950 bits per heavy atom. The van der Waals surface area contributed by atoms with Gasteiger partial charge in [0.25, 0.3) is 0 Å². The van der Waals surface area contributed by atoms with Gasteiger partial charge in [0, 0.05) is 6.04 Å². The van der Waals surface area contributed by atoms with Crippen molar-refractivity contribution in [1.82, 2.24) is 5.32 Å². The summed E-state index contributed by atoms with van der Waals surface area (Å²) in [4.78, 5) is 0. The second kappa shape index (κ2) is 3.93. The smallest absolute Gasteiger partial charge is 0.301 e. The van der Waals surface area contributed by atoms with Crippen molar-refractivity contribution in [2.75, 3.05) is 0 Å². The number of halogens is 3. The van der Waals surface area contributed by atoms with Crippen LogP contribution in [0.4, 0.5) is 13.2 Å². The van der Waals surface area contributed by atoms with Crippen LogP contribution in [0.25, 0.3) is 0 Å². The fourth-order valence-corrected chi connectivity index (χ4v) is 5.91. The summed E-state index contributed by atoms with van der Waals surface area (Å²) >= 11 is 0. The van der Waals surface area contributed by atoms with Gasteiger partial charge in [-0.1, -0.05) is 0 Å². The summed E-state index contributed by atoms with van der Waals surface area (Å²) in [6.07, 6.45) is 4.00. The number of hydrogen-bond acceptors (Lipinski definition) is 1. The highest BCUT2D eigenvalue weighted by Gasteiger charge is 2.65. The van der Waals surface area contributed by atoms with E-state index in [0.29, 0.717) is 0 Å². The highest BCUT2D eigenvalue weighted by Crippen LogP contribution is 2.62. The third-order valence-corrected chi connectivity index (χ3v) is 6.79. The third-order valence-electron chi connectivity index (χ3n) is 6.79. The summed E-state index contributed by atoms with van der Waals surface area (Å²) in [5, 5.41) is 3.04. The van der Waals surface area contributed by atoms with E-state index in [0.717, 1.165) is 17.8 Å². The largest absolute Gasteiger partial charge is 0.406 e. The number of rotatable bonds is 3. The van der Waals surface area contributed by atoms with Crippen LogP contribution in [0.15, 0.2) is 0 Å². The molecule has 0 amide bonds. The van der Waals surface area contributed by atoms with Crippen LogP contribution in [0.3, 0.4) is 0 Å². The predicted octanol–water partition coefficient (Wildman–Crippen LogP) is 4.28. The molecular formula is C16H24F3N. The van der Waals surface area contributed by atoms with Crippen LogP contribution in [0.5, 0.6) is 0 Å². The molecule has 0 aromatic heterocycles. The van der Waals surface area contributed by atoms with Crippen molar-refractivity contribution in [3.05, 3.63) is 0 Å². The van der Waals surface area contributed by atoms with Gasteiger partial charge in [0.1, 0.15) is 5.54 Å². The summed E-state index contributed by atoms with van der Waals surface area (Å²) in [6.45, 7) is 2.03. The summed E-state index contributed by atoms with van der Waals surface area (Å²) in [7, 11) is 0. The van der Waals surface area contributed by atoms with Crippen molar-refractivity contribution in [2.45, 2.75) is 76.0 Å². The first-order chi connectivity index (χ1) is 9.32. The normalized spacial score (nSPS) is 46.5. The van der Waals surface area contributed by atoms with Gasteiger partial charge in [-0.25, -0.2) is 0 Å². The Bertz CT molecular complexity index is 375. The molecule has 0 spiro atoms. The van der Waals surface area contributed by atoms with Gasteiger partial charge in [-0.2, -0.15) is 13.2 Å². The fourth-order valence-electron chi connectivity index (χ4n) is 5.91. The molecule has 5 rings (SSSR count). The number of alkyl halides is 3. The topological polar surface area (TPSA) is 12.0 Å². The molecule has 0 heterocycles. The quantitative estimate of drug-likeness (QED) is 0.817. The summed E-state index contributed by atoms with van der Waals surface area (Å²) in [5.74, 6) is 2.39. The molecular weight excluding hydrogens is 263 g/mol. The van der Waals surface area contributed by atoms with Gasteiger partial charge in [0.2, 0.25) is 0 Å². The lowest BCUT2D eigenvalue weighted by atomic mass is 9.48. The monoisotopic (exact) mass is 287 g/mol. The molecule has 114 valence electrons. The maximum Gasteiger partial charge on any atom is 0.406 e. The lowest BCUT2D eigenvalue weighted by Crippen LogP contribution is -2.59. The minimum Gasteiger partial charge on any atom is -0.301 e. The molecule has 20 heavy (non-hydrogen) atoms. The zero-order valence-electron chi connectivity index (χ0n) is 12.1. The van der Waals surface area contributed by atoms with Crippen LogP contribution in [-0.4, -0.2) is 17.8 Å². The van der Waals surface area contributed by atoms with Gasteiger partial charge < -0.3 is 5.32 Å². The Morgan fingerprint density at radius 2 is 1.40 bits per heavy atom. The van der Waals surface area contributed by atoms with Gasteiger partial charge >= 0.3 is 6.18 Å². The lowest BCUT2D eigenvalue weighted by molar-refractivity contribution is -0.174. The zero-order valence-corrected chi connectivity index (χ0v) is 12.1. The van der Waals surface area contributed by atoms with Gasteiger partial charge in [-0.05, 0) is 81.5 Å². The highest BCUT2D eigenvalue weighted by molar-refractivity contribution is 5.13. The number of hydrogen-bond donors (Lipinski definition) is 1. The van der Waals surface area contributed by atoms with E-state index in [-0.39, 0.29) is 24.3 Å². The molecule has 5 saturated carbocycles. The van der Waals surface area contributed by atoms with Crippen LogP contribution in [-0.2, 0) is 0 Å². The molecule has 4 heteroatoms. The number of nitrogens with one attached hydrogen (secondary N) is 1. The van der Waals surface area contributed by atoms with E-state index in [4.69, 9.17) is 0 Å². The Balaban J connectivity index is 1.53. The van der Waals surface area contributed by atoms with Crippen LogP contribution >= 0.6 is 0 Å². The van der Waals surface area contributed by atoms with E-state index in [1.165, 1.54) is 38.5 Å². The minimum absolute atomic E-state index is 0.0139. The molecule has 1 N–H and O–H groups in total. The zero-order chi connectivity index (χ0) is 14.2. The third kappa shape index (κ3) is 1.86. The molecule has 0 aromatic rings. The maximum absolute atomic E-state index is 13.2. The molecule has 1 nitrogen and oxygen atoms in total. The Morgan fingerprint density at radius 3 is 1.75 bits per heavy atom. The Kier molecular flexibility index (Phi) is 2.64. The van der Waals surface area contributed by atoms with E-state index in [2.05, 4.69) is 5.32 Å². The van der Waals surface area contributed by atoms with E-state index in [1.807, 2.05) is 6.92 Å². The van der Waals surface area contributed by atoms with E-state index < -0.39 is 11.7 Å². The average Bonchev–Trinajstić information content (AvgIpc) is 3.07. The summed E-state index contributed by atoms with van der Waals surface area (Å²) in [5.41, 5.74) is -1.38. The summed E-state index contributed by atoms with van der Waals surface area (Å²) < 4.78 is 39.5. The van der Waals surface area contributed by atoms with Crippen LogP contribution < -0.4 is 5.32 Å². The Hall–Kier alpha value is -0.250. The van der Waals surface area contributed by atoms with Gasteiger partial charge in [0.15, 0.2) is 0 Å². The van der Waals surface area contributed by atoms with Gasteiger partial charge in [-0.15, -0.1) is 0 Å². The molecule has 0 aliphatic heterocycles.